The van der Waals surface area contributed by atoms with Crippen molar-refractivity contribution in [1.82, 2.24) is 4.98 Å². The molecule has 106 valence electrons. The highest BCUT2D eigenvalue weighted by atomic mass is 19.1. The van der Waals surface area contributed by atoms with E-state index in [1.54, 1.807) is 13.0 Å². The standard InChI is InChI=1S/C16H18FNO2/c1-9(2)6-11-8-14(19)15(16(20)18-11)12-5-4-10(3)7-13(12)17/h4-5,7-9H,6H2,1-3H3,(H2,18,19,20). The summed E-state index contributed by atoms with van der Waals surface area (Å²) in [5.74, 6) is -0.346. The quantitative estimate of drug-likeness (QED) is 0.902. The highest BCUT2D eigenvalue weighted by molar-refractivity contribution is 5.70. The lowest BCUT2D eigenvalue weighted by atomic mass is 10.0. The topological polar surface area (TPSA) is 53.1 Å². The normalized spacial score (nSPS) is 11.1. The molecule has 0 atom stereocenters. The molecule has 0 saturated heterocycles. The maximum absolute atomic E-state index is 13.9. The maximum atomic E-state index is 13.9. The van der Waals surface area contributed by atoms with Gasteiger partial charge in [-0.2, -0.15) is 0 Å². The Balaban J connectivity index is 2.55. The van der Waals surface area contributed by atoms with Crippen LogP contribution < -0.4 is 5.56 Å². The molecule has 0 aliphatic carbocycles. The van der Waals surface area contributed by atoms with Gasteiger partial charge < -0.3 is 10.1 Å². The minimum absolute atomic E-state index is 0.0185. The smallest absolute Gasteiger partial charge is 0.259 e. The summed E-state index contributed by atoms with van der Waals surface area (Å²) in [6.45, 7) is 5.80. The molecule has 4 heteroatoms. The summed E-state index contributed by atoms with van der Waals surface area (Å²) in [4.78, 5) is 14.8. The minimum Gasteiger partial charge on any atom is -0.507 e. The average molecular weight is 275 g/mol. The molecule has 20 heavy (non-hydrogen) atoms. The second-order valence-electron chi connectivity index (χ2n) is 5.47. The zero-order valence-corrected chi connectivity index (χ0v) is 11.8. The molecular formula is C16H18FNO2. The van der Waals surface area contributed by atoms with Gasteiger partial charge >= 0.3 is 0 Å². The van der Waals surface area contributed by atoms with E-state index >= 15 is 0 Å². The first-order chi connectivity index (χ1) is 9.38. The number of aromatic hydroxyl groups is 1. The third kappa shape index (κ3) is 2.90. The molecule has 0 fully saturated rings. The van der Waals surface area contributed by atoms with E-state index in [4.69, 9.17) is 0 Å². The Bertz CT molecular complexity index is 689. The molecule has 0 bridgehead atoms. The highest BCUT2D eigenvalue weighted by Crippen LogP contribution is 2.28. The molecule has 1 aromatic carbocycles. The van der Waals surface area contributed by atoms with Crippen molar-refractivity contribution in [3.8, 4) is 16.9 Å². The van der Waals surface area contributed by atoms with E-state index in [0.717, 1.165) is 5.56 Å². The Morgan fingerprint density at radius 1 is 1.30 bits per heavy atom. The van der Waals surface area contributed by atoms with Crippen molar-refractivity contribution in [2.45, 2.75) is 27.2 Å². The number of benzene rings is 1. The van der Waals surface area contributed by atoms with Crippen LogP contribution in [0.3, 0.4) is 0 Å². The first kappa shape index (κ1) is 14.3. The van der Waals surface area contributed by atoms with Crippen LogP contribution >= 0.6 is 0 Å². The number of aromatic nitrogens is 1. The van der Waals surface area contributed by atoms with E-state index in [9.17, 15) is 14.3 Å². The first-order valence-electron chi connectivity index (χ1n) is 6.60. The number of aryl methyl sites for hydroxylation is 1. The predicted octanol–water partition coefficient (Wildman–Crippen LogP) is 3.39. The summed E-state index contributed by atoms with van der Waals surface area (Å²) in [5.41, 5.74) is 1.04. The van der Waals surface area contributed by atoms with Gasteiger partial charge in [0, 0.05) is 17.3 Å². The molecule has 0 saturated carbocycles. The molecular weight excluding hydrogens is 257 g/mol. The largest absolute Gasteiger partial charge is 0.507 e. The minimum atomic E-state index is -0.512. The van der Waals surface area contributed by atoms with Gasteiger partial charge in [0.1, 0.15) is 11.6 Å². The summed E-state index contributed by atoms with van der Waals surface area (Å²) in [7, 11) is 0. The summed E-state index contributed by atoms with van der Waals surface area (Å²) in [5, 5.41) is 10.0. The van der Waals surface area contributed by atoms with E-state index < -0.39 is 11.4 Å². The van der Waals surface area contributed by atoms with E-state index in [1.165, 1.54) is 18.2 Å². The molecule has 2 N–H and O–H groups in total. The van der Waals surface area contributed by atoms with Crippen LogP contribution in [0.2, 0.25) is 0 Å². The third-order valence-electron chi connectivity index (χ3n) is 3.09. The molecule has 1 heterocycles. The summed E-state index contributed by atoms with van der Waals surface area (Å²) in [6.07, 6.45) is 0.652. The average Bonchev–Trinajstić information content (AvgIpc) is 2.30. The molecule has 2 rings (SSSR count). The van der Waals surface area contributed by atoms with Gasteiger partial charge in [0.05, 0.1) is 5.56 Å². The zero-order chi connectivity index (χ0) is 14.9. The number of hydrogen-bond donors (Lipinski definition) is 2. The highest BCUT2D eigenvalue weighted by Gasteiger charge is 2.15. The van der Waals surface area contributed by atoms with Gasteiger partial charge in [-0.25, -0.2) is 4.39 Å². The van der Waals surface area contributed by atoms with Crippen LogP contribution in [0.25, 0.3) is 11.1 Å². The van der Waals surface area contributed by atoms with Crippen LogP contribution in [-0.2, 0) is 6.42 Å². The van der Waals surface area contributed by atoms with Gasteiger partial charge in [-0.05, 0) is 30.9 Å². The van der Waals surface area contributed by atoms with Crippen LogP contribution in [0.1, 0.15) is 25.1 Å². The van der Waals surface area contributed by atoms with Crippen LogP contribution in [-0.4, -0.2) is 10.1 Å². The van der Waals surface area contributed by atoms with Gasteiger partial charge in [-0.15, -0.1) is 0 Å². The monoisotopic (exact) mass is 275 g/mol. The molecule has 3 nitrogen and oxygen atoms in total. The molecule has 0 aliphatic rings. The second kappa shape index (κ2) is 5.49. The maximum Gasteiger partial charge on any atom is 0.259 e. The van der Waals surface area contributed by atoms with Crippen molar-refractivity contribution in [1.29, 1.82) is 0 Å². The number of halogens is 1. The predicted molar refractivity (Wildman–Crippen MR) is 77.4 cm³/mol. The van der Waals surface area contributed by atoms with Crippen LogP contribution in [0.5, 0.6) is 5.75 Å². The number of rotatable bonds is 3. The van der Waals surface area contributed by atoms with Crippen LogP contribution in [0.15, 0.2) is 29.1 Å². The van der Waals surface area contributed by atoms with Crippen molar-refractivity contribution in [3.05, 3.63) is 51.7 Å². The first-order valence-corrected chi connectivity index (χ1v) is 6.60. The lowest BCUT2D eigenvalue weighted by Crippen LogP contribution is -2.13. The number of pyridine rings is 1. The number of aromatic amines is 1. The van der Waals surface area contributed by atoms with E-state index in [1.807, 2.05) is 13.8 Å². The fraction of sp³-hybridized carbons (Fsp3) is 0.312. The van der Waals surface area contributed by atoms with Gasteiger partial charge in [0.15, 0.2) is 0 Å². The van der Waals surface area contributed by atoms with Crippen molar-refractivity contribution in [2.75, 3.05) is 0 Å². The van der Waals surface area contributed by atoms with Gasteiger partial charge in [-0.3, -0.25) is 4.79 Å². The van der Waals surface area contributed by atoms with E-state index in [-0.39, 0.29) is 16.9 Å². The Labute approximate surface area is 117 Å². The molecule has 1 aromatic heterocycles. The fourth-order valence-corrected chi connectivity index (χ4v) is 2.23. The van der Waals surface area contributed by atoms with Crippen molar-refractivity contribution < 1.29 is 9.50 Å². The molecule has 0 amide bonds. The van der Waals surface area contributed by atoms with E-state index in [2.05, 4.69) is 4.98 Å². The Hall–Kier alpha value is -2.10. The number of H-pyrrole nitrogens is 1. The fourth-order valence-electron chi connectivity index (χ4n) is 2.23. The van der Waals surface area contributed by atoms with Crippen molar-refractivity contribution in [2.24, 2.45) is 5.92 Å². The zero-order valence-electron chi connectivity index (χ0n) is 11.8. The lowest BCUT2D eigenvalue weighted by molar-refractivity contribution is 0.473. The van der Waals surface area contributed by atoms with Crippen LogP contribution in [0.4, 0.5) is 4.39 Å². The SMILES string of the molecule is Cc1ccc(-c2c(O)cc(CC(C)C)[nH]c2=O)c(F)c1. The van der Waals surface area contributed by atoms with Gasteiger partial charge in [0.25, 0.3) is 5.56 Å². The molecule has 0 radical (unpaired) electrons. The Morgan fingerprint density at radius 2 is 2.00 bits per heavy atom. The second-order valence-corrected chi connectivity index (χ2v) is 5.47. The van der Waals surface area contributed by atoms with Gasteiger partial charge in [-0.1, -0.05) is 26.0 Å². The van der Waals surface area contributed by atoms with E-state index in [0.29, 0.717) is 18.0 Å². The third-order valence-corrected chi connectivity index (χ3v) is 3.09. The number of nitrogens with one attached hydrogen (secondary N) is 1. The van der Waals surface area contributed by atoms with Crippen LogP contribution in [0, 0.1) is 18.7 Å². The summed E-state index contributed by atoms with van der Waals surface area (Å²) >= 11 is 0. The van der Waals surface area contributed by atoms with Crippen molar-refractivity contribution >= 4 is 0 Å². The van der Waals surface area contributed by atoms with Crippen molar-refractivity contribution in [3.63, 3.8) is 0 Å². The molecule has 0 unspecified atom stereocenters. The summed E-state index contributed by atoms with van der Waals surface area (Å²) < 4.78 is 13.9. The Kier molecular flexibility index (Phi) is 3.93. The Morgan fingerprint density at radius 3 is 2.55 bits per heavy atom. The summed E-state index contributed by atoms with van der Waals surface area (Å²) in [6, 6.07) is 6.06. The lowest BCUT2D eigenvalue weighted by Gasteiger charge is -2.10. The number of hydrogen-bond acceptors (Lipinski definition) is 2. The molecule has 0 spiro atoms. The molecule has 2 aromatic rings. The van der Waals surface area contributed by atoms with Gasteiger partial charge in [0.2, 0.25) is 0 Å². The molecule has 0 aliphatic heterocycles.